The van der Waals surface area contributed by atoms with Crippen LogP contribution in [0.4, 0.5) is 11.5 Å². The van der Waals surface area contributed by atoms with Crippen LogP contribution in [0.2, 0.25) is 0 Å². The number of carbonyl (C=O) groups is 2. The van der Waals surface area contributed by atoms with E-state index in [2.05, 4.69) is 15.6 Å². The molecule has 2 heterocycles. The lowest BCUT2D eigenvalue weighted by molar-refractivity contribution is -0.120. The average Bonchev–Trinajstić information content (AvgIpc) is 2.68. The zero-order chi connectivity index (χ0) is 18.8. The van der Waals surface area contributed by atoms with Gasteiger partial charge in [0.2, 0.25) is 11.8 Å². The molecular weight excluding hydrogens is 344 g/mol. The smallest absolute Gasteiger partial charge is 0.239 e. The first-order chi connectivity index (χ1) is 13.1. The molecular formula is C20H22N4O3. The molecule has 7 heteroatoms. The van der Waals surface area contributed by atoms with Crippen LogP contribution in [0.5, 0.6) is 5.75 Å². The number of phenols is 1. The molecule has 1 aliphatic carbocycles. The number of carbonyl (C=O) groups excluding carboxylic acids is 2. The molecule has 0 bridgehead atoms. The number of phenolic OH excluding ortho intramolecular Hbond substituents is 1. The van der Waals surface area contributed by atoms with Gasteiger partial charge in [-0.1, -0.05) is 12.1 Å². The minimum Gasteiger partial charge on any atom is -0.508 e. The van der Waals surface area contributed by atoms with Gasteiger partial charge in [-0.05, 0) is 48.6 Å². The highest BCUT2D eigenvalue weighted by molar-refractivity contribution is 5.96. The first kappa shape index (κ1) is 17.3. The monoisotopic (exact) mass is 366 g/mol. The molecule has 1 atom stereocenters. The Bertz CT molecular complexity index is 866. The number of pyridine rings is 1. The summed E-state index contributed by atoms with van der Waals surface area (Å²) in [6.45, 7) is 1.61. The summed E-state index contributed by atoms with van der Waals surface area (Å²) in [7, 11) is 0. The lowest BCUT2D eigenvalue weighted by Crippen LogP contribution is -2.48. The first-order valence-corrected chi connectivity index (χ1v) is 9.21. The summed E-state index contributed by atoms with van der Waals surface area (Å²) in [5.74, 6) is 0.608. The lowest BCUT2D eigenvalue weighted by atomic mass is 9.82. The third-order valence-electron chi connectivity index (χ3n) is 5.18. The molecule has 1 aromatic carbocycles. The van der Waals surface area contributed by atoms with E-state index in [9.17, 15) is 14.7 Å². The molecule has 4 rings (SSSR count). The van der Waals surface area contributed by atoms with Crippen molar-refractivity contribution in [3.8, 4) is 5.75 Å². The van der Waals surface area contributed by atoms with E-state index >= 15 is 0 Å². The largest absolute Gasteiger partial charge is 0.508 e. The Hall–Kier alpha value is -3.09. The molecule has 2 amide bonds. The molecule has 0 saturated carbocycles. The fourth-order valence-electron chi connectivity index (χ4n) is 3.81. The number of nitrogens with zero attached hydrogens (tertiary/aromatic N) is 2. The van der Waals surface area contributed by atoms with Crippen molar-refractivity contribution in [3.63, 3.8) is 0 Å². The number of hydrogen-bond donors (Lipinski definition) is 3. The number of benzene rings is 1. The number of aromatic hydroxyl groups is 1. The van der Waals surface area contributed by atoms with Crippen LogP contribution in [-0.2, 0) is 16.0 Å². The first-order valence-electron chi connectivity index (χ1n) is 9.21. The molecule has 140 valence electrons. The molecule has 2 aliphatic rings. The van der Waals surface area contributed by atoms with Crippen LogP contribution < -0.4 is 15.5 Å². The Balaban J connectivity index is 1.46. The van der Waals surface area contributed by atoms with Gasteiger partial charge in [0.05, 0.1) is 24.3 Å². The highest BCUT2D eigenvalue weighted by Gasteiger charge is 2.28. The van der Waals surface area contributed by atoms with Gasteiger partial charge in [0.15, 0.2) is 0 Å². The maximum atomic E-state index is 12.8. The van der Waals surface area contributed by atoms with E-state index < -0.39 is 0 Å². The zero-order valence-corrected chi connectivity index (χ0v) is 14.9. The molecule has 27 heavy (non-hydrogen) atoms. The number of rotatable bonds is 3. The topological polar surface area (TPSA) is 94.6 Å². The van der Waals surface area contributed by atoms with Crippen molar-refractivity contribution in [1.82, 2.24) is 10.3 Å². The van der Waals surface area contributed by atoms with E-state index in [1.165, 1.54) is 0 Å². The highest BCUT2D eigenvalue weighted by atomic mass is 16.3. The number of piperazine rings is 1. The van der Waals surface area contributed by atoms with Crippen molar-refractivity contribution >= 4 is 23.3 Å². The Morgan fingerprint density at radius 3 is 2.96 bits per heavy atom. The van der Waals surface area contributed by atoms with Crippen LogP contribution in [0.25, 0.3) is 0 Å². The van der Waals surface area contributed by atoms with Gasteiger partial charge < -0.3 is 20.6 Å². The minimum atomic E-state index is -0.272. The molecule has 1 unspecified atom stereocenters. The Kier molecular flexibility index (Phi) is 4.66. The van der Waals surface area contributed by atoms with Crippen LogP contribution in [-0.4, -0.2) is 41.5 Å². The second-order valence-corrected chi connectivity index (χ2v) is 6.96. The van der Waals surface area contributed by atoms with Crippen molar-refractivity contribution in [3.05, 3.63) is 47.7 Å². The van der Waals surface area contributed by atoms with Crippen LogP contribution in [0, 0.1) is 0 Å². The highest BCUT2D eigenvalue weighted by Crippen LogP contribution is 2.36. The standard InChI is InChI=1S/C20H22N4O3/c25-17-6-2-3-14-15(17)4-1-5-16(14)20(27)23-13-7-8-18(22-11-13)24-10-9-21-19(26)12-24/h2-3,6-8,11,16,25H,1,4-5,9-10,12H2,(H,21,26)(H,23,27). The van der Waals surface area contributed by atoms with Crippen molar-refractivity contribution < 1.29 is 14.7 Å². The van der Waals surface area contributed by atoms with Gasteiger partial charge in [0.1, 0.15) is 11.6 Å². The second kappa shape index (κ2) is 7.26. The fourth-order valence-corrected chi connectivity index (χ4v) is 3.81. The van der Waals surface area contributed by atoms with Gasteiger partial charge in [-0.25, -0.2) is 4.98 Å². The van der Waals surface area contributed by atoms with Gasteiger partial charge in [0, 0.05) is 13.1 Å². The van der Waals surface area contributed by atoms with Gasteiger partial charge in [-0.15, -0.1) is 0 Å². The van der Waals surface area contributed by atoms with Gasteiger partial charge in [-0.3, -0.25) is 9.59 Å². The van der Waals surface area contributed by atoms with Gasteiger partial charge in [0.25, 0.3) is 0 Å². The normalized spacial score (nSPS) is 19.2. The van der Waals surface area contributed by atoms with Crippen LogP contribution in [0.3, 0.4) is 0 Å². The predicted octanol–water partition coefficient (Wildman–Crippen LogP) is 1.78. The fraction of sp³-hybridized carbons (Fsp3) is 0.350. The van der Waals surface area contributed by atoms with Gasteiger partial charge >= 0.3 is 0 Å². The molecule has 1 fully saturated rings. The molecule has 1 aromatic heterocycles. The Morgan fingerprint density at radius 1 is 1.30 bits per heavy atom. The number of nitrogens with one attached hydrogen (secondary N) is 2. The van der Waals surface area contributed by atoms with Crippen LogP contribution in [0.15, 0.2) is 36.5 Å². The third-order valence-corrected chi connectivity index (χ3v) is 5.18. The van der Waals surface area contributed by atoms with Gasteiger partial charge in [-0.2, -0.15) is 0 Å². The summed E-state index contributed by atoms with van der Waals surface area (Å²) >= 11 is 0. The third kappa shape index (κ3) is 3.58. The van der Waals surface area contributed by atoms with Crippen molar-refractivity contribution in [2.24, 2.45) is 0 Å². The van der Waals surface area contributed by atoms with Crippen LogP contribution >= 0.6 is 0 Å². The van der Waals surface area contributed by atoms with E-state index in [-0.39, 0.29) is 23.5 Å². The Morgan fingerprint density at radius 2 is 2.19 bits per heavy atom. The molecule has 0 radical (unpaired) electrons. The minimum absolute atomic E-state index is 0.0142. The predicted molar refractivity (Wildman–Crippen MR) is 102 cm³/mol. The molecule has 1 saturated heterocycles. The number of hydrogen-bond acceptors (Lipinski definition) is 5. The number of anilines is 2. The lowest BCUT2D eigenvalue weighted by Gasteiger charge is -2.27. The summed E-state index contributed by atoms with van der Waals surface area (Å²) in [6, 6.07) is 8.99. The maximum absolute atomic E-state index is 12.8. The number of fused-ring (bicyclic) bond motifs is 1. The number of aromatic nitrogens is 1. The summed E-state index contributed by atoms with van der Waals surface area (Å²) in [5.41, 5.74) is 2.40. The Labute approximate surface area is 157 Å². The van der Waals surface area contributed by atoms with Crippen LogP contribution in [0.1, 0.15) is 29.9 Å². The molecule has 7 nitrogen and oxygen atoms in total. The quantitative estimate of drug-likeness (QED) is 0.770. The summed E-state index contributed by atoms with van der Waals surface area (Å²) in [4.78, 5) is 30.6. The van der Waals surface area contributed by atoms with E-state index in [0.717, 1.165) is 36.2 Å². The van der Waals surface area contributed by atoms with E-state index in [0.29, 0.717) is 25.3 Å². The molecule has 1 aliphatic heterocycles. The van der Waals surface area contributed by atoms with E-state index in [4.69, 9.17) is 0 Å². The van der Waals surface area contributed by atoms with Crippen molar-refractivity contribution in [2.75, 3.05) is 29.9 Å². The molecule has 2 aromatic rings. The van der Waals surface area contributed by atoms with Crippen molar-refractivity contribution in [2.45, 2.75) is 25.2 Å². The van der Waals surface area contributed by atoms with E-state index in [1.54, 1.807) is 24.4 Å². The summed E-state index contributed by atoms with van der Waals surface area (Å²) in [6.07, 6.45) is 4.05. The zero-order valence-electron chi connectivity index (χ0n) is 14.9. The number of amides is 2. The second-order valence-electron chi connectivity index (χ2n) is 6.96. The van der Waals surface area contributed by atoms with E-state index in [1.807, 2.05) is 17.0 Å². The summed E-state index contributed by atoms with van der Waals surface area (Å²) < 4.78 is 0. The van der Waals surface area contributed by atoms with Crippen molar-refractivity contribution in [1.29, 1.82) is 0 Å². The maximum Gasteiger partial charge on any atom is 0.239 e. The average molecular weight is 366 g/mol. The SMILES string of the molecule is O=C1CN(c2ccc(NC(=O)C3CCCc4c(O)cccc43)cn2)CCN1. The summed E-state index contributed by atoms with van der Waals surface area (Å²) in [5, 5.41) is 15.8. The molecule has 0 spiro atoms. The molecule has 3 N–H and O–H groups in total.